The van der Waals surface area contributed by atoms with Crippen LogP contribution in [0, 0.1) is 5.82 Å². The smallest absolute Gasteiger partial charge is 0.184 e. The molecule has 1 aliphatic carbocycles. The first-order valence-corrected chi connectivity index (χ1v) is 10.8. The summed E-state index contributed by atoms with van der Waals surface area (Å²) in [5, 5.41) is 0.0248. The van der Waals surface area contributed by atoms with Crippen LogP contribution in [0.25, 0.3) is 16.8 Å². The molecule has 2 aromatic carbocycles. The molecule has 1 saturated carbocycles. The second-order valence-electron chi connectivity index (χ2n) is 7.86. The third-order valence-corrected chi connectivity index (χ3v) is 6.14. The zero-order chi connectivity index (χ0) is 21.4. The van der Waals surface area contributed by atoms with Crippen LogP contribution in [-0.2, 0) is 0 Å². The number of hydrogen-bond acceptors (Lipinski definition) is 4. The zero-order valence-electron chi connectivity index (χ0n) is 16.9. The average molecular weight is 437 g/mol. The Bertz CT molecular complexity index is 1230. The van der Waals surface area contributed by atoms with Gasteiger partial charge in [-0.25, -0.2) is 14.4 Å². The van der Waals surface area contributed by atoms with Crippen LogP contribution in [-0.4, -0.2) is 14.4 Å². The number of rotatable bonds is 4. The molecule has 2 aromatic heterocycles. The fourth-order valence-electron chi connectivity index (χ4n) is 4.31. The summed E-state index contributed by atoms with van der Waals surface area (Å²) in [6.07, 6.45) is 9.66. The van der Waals surface area contributed by atoms with Crippen LogP contribution in [0.15, 0.2) is 54.9 Å². The highest BCUT2D eigenvalue weighted by Gasteiger charge is 2.24. The number of fused-ring (bicyclic) bond motifs is 1. The number of imidazole rings is 1. The summed E-state index contributed by atoms with van der Waals surface area (Å²) in [7, 11) is 0. The lowest BCUT2D eigenvalue weighted by atomic mass is 9.89. The third-order valence-electron chi connectivity index (χ3n) is 5.85. The van der Waals surface area contributed by atoms with Crippen molar-refractivity contribution in [3.63, 3.8) is 0 Å². The van der Waals surface area contributed by atoms with E-state index in [1.54, 1.807) is 30.5 Å². The van der Waals surface area contributed by atoms with Crippen molar-refractivity contribution in [3.05, 3.63) is 71.5 Å². The molecular formula is C24H22ClFN4O. The van der Waals surface area contributed by atoms with Gasteiger partial charge in [-0.2, -0.15) is 0 Å². The molecule has 0 aliphatic heterocycles. The SMILES string of the molecule is Nc1nccn2c(C3CCCCC3)nc(-c3ccc(Oc4cccc(Cl)c4F)cc3)c12. The van der Waals surface area contributed by atoms with Crippen LogP contribution in [0.1, 0.15) is 43.8 Å². The first-order chi connectivity index (χ1) is 15.1. The van der Waals surface area contributed by atoms with E-state index in [1.807, 2.05) is 18.3 Å². The molecule has 1 fully saturated rings. The highest BCUT2D eigenvalue weighted by molar-refractivity contribution is 6.30. The summed E-state index contributed by atoms with van der Waals surface area (Å²) in [4.78, 5) is 9.29. The molecule has 0 saturated heterocycles. The first-order valence-electron chi connectivity index (χ1n) is 10.5. The minimum atomic E-state index is -0.579. The quantitative estimate of drug-likeness (QED) is 0.391. The molecule has 158 valence electrons. The number of hydrogen-bond donors (Lipinski definition) is 1. The fourth-order valence-corrected chi connectivity index (χ4v) is 4.47. The van der Waals surface area contributed by atoms with E-state index >= 15 is 0 Å². The number of nitrogens with two attached hydrogens (primary N) is 1. The third kappa shape index (κ3) is 3.72. The first kappa shape index (κ1) is 19.8. The van der Waals surface area contributed by atoms with Crippen LogP contribution in [0.3, 0.4) is 0 Å². The van der Waals surface area contributed by atoms with E-state index in [4.69, 9.17) is 27.1 Å². The van der Waals surface area contributed by atoms with Gasteiger partial charge in [-0.05, 0) is 49.2 Å². The summed E-state index contributed by atoms with van der Waals surface area (Å²) in [6.45, 7) is 0. The highest BCUT2D eigenvalue weighted by atomic mass is 35.5. The predicted octanol–water partition coefficient (Wildman–Crippen LogP) is 6.61. The van der Waals surface area contributed by atoms with Gasteiger partial charge in [0.2, 0.25) is 0 Å². The number of nitrogens with zero attached hydrogens (tertiary/aromatic N) is 3. The molecule has 0 radical (unpaired) electrons. The Balaban J connectivity index is 1.51. The van der Waals surface area contributed by atoms with Crippen LogP contribution < -0.4 is 10.5 Å². The van der Waals surface area contributed by atoms with Gasteiger partial charge in [0.25, 0.3) is 0 Å². The van der Waals surface area contributed by atoms with Gasteiger partial charge in [0.05, 0.1) is 5.02 Å². The van der Waals surface area contributed by atoms with E-state index in [2.05, 4.69) is 9.38 Å². The zero-order valence-corrected chi connectivity index (χ0v) is 17.6. The second-order valence-corrected chi connectivity index (χ2v) is 8.27. The lowest BCUT2D eigenvalue weighted by Gasteiger charge is -2.20. The van der Waals surface area contributed by atoms with Crippen molar-refractivity contribution >= 4 is 22.9 Å². The summed E-state index contributed by atoms with van der Waals surface area (Å²) in [5.74, 6) is 1.93. The minimum absolute atomic E-state index is 0.0248. The van der Waals surface area contributed by atoms with Crippen LogP contribution in [0.2, 0.25) is 5.02 Å². The number of nitrogen functional groups attached to an aromatic ring is 1. The van der Waals surface area contributed by atoms with Gasteiger partial charge in [0.15, 0.2) is 11.6 Å². The van der Waals surface area contributed by atoms with Gasteiger partial charge in [0, 0.05) is 23.9 Å². The van der Waals surface area contributed by atoms with Gasteiger partial charge < -0.3 is 10.5 Å². The fraction of sp³-hybridized carbons (Fsp3) is 0.250. The molecule has 0 amide bonds. The maximum Gasteiger partial charge on any atom is 0.184 e. The van der Waals surface area contributed by atoms with Crippen molar-refractivity contribution in [2.24, 2.45) is 0 Å². The average Bonchev–Trinajstić information content (AvgIpc) is 3.19. The second kappa shape index (κ2) is 8.19. The molecule has 0 atom stereocenters. The molecule has 31 heavy (non-hydrogen) atoms. The number of anilines is 1. The molecule has 0 spiro atoms. The molecule has 1 aliphatic rings. The van der Waals surface area contributed by atoms with Crippen molar-refractivity contribution in [1.82, 2.24) is 14.4 Å². The van der Waals surface area contributed by atoms with E-state index < -0.39 is 5.82 Å². The summed E-state index contributed by atoms with van der Waals surface area (Å²) < 4.78 is 21.9. The molecular weight excluding hydrogens is 415 g/mol. The van der Waals surface area contributed by atoms with Crippen LogP contribution in [0.4, 0.5) is 10.2 Å². The molecule has 0 unspecified atom stereocenters. The Morgan fingerprint density at radius 3 is 2.61 bits per heavy atom. The summed E-state index contributed by atoms with van der Waals surface area (Å²) in [5.41, 5.74) is 8.77. The standard InChI is InChI=1S/C24H22ClFN4O/c25-18-7-4-8-19(20(18)26)31-17-11-9-15(10-12-17)21-22-23(27)28-13-14-30(22)24(29-21)16-5-2-1-3-6-16/h4,7-14,16H,1-3,5-6H2,(H2,27,28). The van der Waals surface area contributed by atoms with Crippen molar-refractivity contribution < 1.29 is 9.13 Å². The Hall–Kier alpha value is -3.12. The number of benzene rings is 2. The van der Waals surface area contributed by atoms with E-state index in [0.717, 1.165) is 35.4 Å². The summed E-state index contributed by atoms with van der Waals surface area (Å²) >= 11 is 5.84. The molecule has 0 bridgehead atoms. The molecule has 5 nitrogen and oxygen atoms in total. The number of halogens is 2. The molecule has 4 aromatic rings. The molecule has 5 rings (SSSR count). The van der Waals surface area contributed by atoms with Crippen molar-refractivity contribution in [2.75, 3.05) is 5.73 Å². The van der Waals surface area contributed by atoms with Crippen molar-refractivity contribution in [3.8, 4) is 22.8 Å². The van der Waals surface area contributed by atoms with Crippen LogP contribution >= 0.6 is 11.6 Å². The number of aromatic nitrogens is 3. The maximum absolute atomic E-state index is 14.1. The van der Waals surface area contributed by atoms with Gasteiger partial charge in [-0.15, -0.1) is 0 Å². The van der Waals surface area contributed by atoms with Crippen LogP contribution in [0.5, 0.6) is 11.5 Å². The van der Waals surface area contributed by atoms with E-state index in [-0.39, 0.29) is 10.8 Å². The normalized spacial score (nSPS) is 14.8. The molecule has 7 heteroatoms. The van der Waals surface area contributed by atoms with Gasteiger partial charge >= 0.3 is 0 Å². The molecule has 2 N–H and O–H groups in total. The lowest BCUT2D eigenvalue weighted by Crippen LogP contribution is -2.09. The maximum atomic E-state index is 14.1. The van der Waals surface area contributed by atoms with Crippen molar-refractivity contribution in [2.45, 2.75) is 38.0 Å². The monoisotopic (exact) mass is 436 g/mol. The Labute approximate surface area is 184 Å². The minimum Gasteiger partial charge on any atom is -0.454 e. The van der Waals surface area contributed by atoms with Gasteiger partial charge in [-0.3, -0.25) is 4.40 Å². The van der Waals surface area contributed by atoms with Gasteiger partial charge in [0.1, 0.15) is 28.6 Å². The van der Waals surface area contributed by atoms with Crippen molar-refractivity contribution in [1.29, 1.82) is 0 Å². The lowest BCUT2D eigenvalue weighted by molar-refractivity contribution is 0.428. The number of ether oxygens (including phenoxy) is 1. The Morgan fingerprint density at radius 2 is 1.84 bits per heavy atom. The topological polar surface area (TPSA) is 65.4 Å². The largest absolute Gasteiger partial charge is 0.454 e. The van der Waals surface area contributed by atoms with E-state index in [0.29, 0.717) is 17.5 Å². The Morgan fingerprint density at radius 1 is 1.06 bits per heavy atom. The predicted molar refractivity (Wildman–Crippen MR) is 120 cm³/mol. The van der Waals surface area contributed by atoms with E-state index in [1.165, 1.54) is 25.3 Å². The molecule has 2 heterocycles. The summed E-state index contributed by atoms with van der Waals surface area (Å²) in [6, 6.07) is 12.0. The Kier molecular flexibility index (Phi) is 5.24. The highest BCUT2D eigenvalue weighted by Crippen LogP contribution is 2.37. The van der Waals surface area contributed by atoms with Gasteiger partial charge in [-0.1, -0.05) is 36.9 Å². The van der Waals surface area contributed by atoms with E-state index in [9.17, 15) is 4.39 Å².